The Morgan fingerprint density at radius 3 is 2.81 bits per heavy atom. The summed E-state index contributed by atoms with van der Waals surface area (Å²) in [6.45, 7) is 7.31. The summed E-state index contributed by atoms with van der Waals surface area (Å²) in [6.07, 6.45) is 3.68. The number of nitrogens with zero attached hydrogens (tertiary/aromatic N) is 2. The molecule has 0 radical (unpaired) electrons. The van der Waals surface area contributed by atoms with E-state index in [1.165, 1.54) is 11.1 Å². The van der Waals surface area contributed by atoms with Crippen LogP contribution in [0.5, 0.6) is 11.5 Å². The molecule has 3 atom stereocenters. The Morgan fingerprint density at radius 1 is 1.19 bits per heavy atom. The Hall–Kier alpha value is -2.11. The second-order valence-electron chi connectivity index (χ2n) is 8.32. The molecule has 1 aromatic carbocycles. The minimum atomic E-state index is -0.797. The first-order valence-corrected chi connectivity index (χ1v) is 9.80. The van der Waals surface area contributed by atoms with Crippen LogP contribution in [-0.4, -0.2) is 34.9 Å². The molecule has 0 unspecified atom stereocenters. The maximum Gasteiger partial charge on any atom is 0.231 e. The normalized spacial score (nSPS) is 29.3. The van der Waals surface area contributed by atoms with Gasteiger partial charge in [-0.25, -0.2) is 0 Å². The number of likely N-dealkylation sites (tertiary alicyclic amines) is 1. The third-order valence-electron chi connectivity index (χ3n) is 6.67. The highest BCUT2D eigenvalue weighted by Crippen LogP contribution is 2.51. The van der Waals surface area contributed by atoms with Gasteiger partial charge in [0.1, 0.15) is 5.60 Å². The summed E-state index contributed by atoms with van der Waals surface area (Å²) in [7, 11) is 0. The zero-order valence-electron chi connectivity index (χ0n) is 15.9. The van der Waals surface area contributed by atoms with E-state index in [9.17, 15) is 5.11 Å². The van der Waals surface area contributed by atoms with Gasteiger partial charge in [-0.1, -0.05) is 6.07 Å². The second kappa shape index (κ2) is 6.21. The maximum atomic E-state index is 11.6. The second-order valence-corrected chi connectivity index (χ2v) is 8.32. The van der Waals surface area contributed by atoms with E-state index in [1.54, 1.807) is 6.20 Å². The Balaban J connectivity index is 1.37. The first-order valence-electron chi connectivity index (χ1n) is 9.80. The van der Waals surface area contributed by atoms with Gasteiger partial charge in [0, 0.05) is 31.7 Å². The molecule has 3 heterocycles. The topological polar surface area (TPSA) is 54.8 Å². The van der Waals surface area contributed by atoms with Gasteiger partial charge in [0.2, 0.25) is 6.79 Å². The number of ether oxygens (including phenoxy) is 2. The fourth-order valence-electron chi connectivity index (χ4n) is 5.24. The average molecular weight is 366 g/mol. The number of aromatic nitrogens is 1. The maximum absolute atomic E-state index is 11.6. The van der Waals surface area contributed by atoms with Crippen LogP contribution in [-0.2, 0) is 12.1 Å². The van der Waals surface area contributed by atoms with E-state index in [1.807, 2.05) is 6.07 Å². The molecule has 2 aliphatic heterocycles. The summed E-state index contributed by atoms with van der Waals surface area (Å²) >= 11 is 0. The largest absolute Gasteiger partial charge is 0.454 e. The first kappa shape index (κ1) is 17.0. The lowest BCUT2D eigenvalue weighted by Gasteiger charge is -2.31. The van der Waals surface area contributed by atoms with Crippen LogP contribution in [0, 0.1) is 25.7 Å². The van der Waals surface area contributed by atoms with Gasteiger partial charge in [0.05, 0.1) is 5.69 Å². The van der Waals surface area contributed by atoms with Gasteiger partial charge in [-0.3, -0.25) is 9.88 Å². The highest BCUT2D eigenvalue weighted by atomic mass is 16.7. The first-order chi connectivity index (χ1) is 13.0. The number of aliphatic hydroxyl groups is 1. The fraction of sp³-hybridized carbons (Fsp3) is 0.500. The molecule has 3 aliphatic rings. The van der Waals surface area contributed by atoms with E-state index in [0.717, 1.165) is 55.2 Å². The van der Waals surface area contributed by atoms with E-state index in [0.29, 0.717) is 12.7 Å². The molecular weight excluding hydrogens is 340 g/mol. The van der Waals surface area contributed by atoms with Crippen molar-refractivity contribution in [3.05, 3.63) is 52.8 Å². The van der Waals surface area contributed by atoms with E-state index in [4.69, 9.17) is 9.47 Å². The number of hydrogen-bond donors (Lipinski definition) is 1. The Bertz CT molecular complexity index is 884. The summed E-state index contributed by atoms with van der Waals surface area (Å²) in [5.74, 6) is 2.47. The number of aryl methyl sites for hydroxylation is 2. The molecule has 5 rings (SSSR count). The minimum absolute atomic E-state index is 0.250. The Labute approximate surface area is 159 Å². The lowest BCUT2D eigenvalue weighted by molar-refractivity contribution is -0.0114. The van der Waals surface area contributed by atoms with Gasteiger partial charge < -0.3 is 14.6 Å². The van der Waals surface area contributed by atoms with Crippen LogP contribution >= 0.6 is 0 Å². The summed E-state index contributed by atoms with van der Waals surface area (Å²) in [5.41, 5.74) is 3.67. The smallest absolute Gasteiger partial charge is 0.231 e. The van der Waals surface area contributed by atoms with Gasteiger partial charge in [-0.05, 0) is 67.5 Å². The van der Waals surface area contributed by atoms with Crippen LogP contribution in [0.4, 0.5) is 0 Å². The molecule has 0 amide bonds. The molecule has 5 nitrogen and oxygen atoms in total. The van der Waals surface area contributed by atoms with Crippen molar-refractivity contribution in [2.24, 2.45) is 11.8 Å². The van der Waals surface area contributed by atoms with Crippen molar-refractivity contribution in [2.45, 2.75) is 38.8 Å². The number of fused-ring (bicyclic) bond motifs is 2. The zero-order chi connectivity index (χ0) is 18.6. The Morgan fingerprint density at radius 2 is 2.00 bits per heavy atom. The average Bonchev–Trinajstić information content (AvgIpc) is 3.33. The van der Waals surface area contributed by atoms with Gasteiger partial charge in [-0.15, -0.1) is 0 Å². The standard InChI is InChI=1S/C22H26N2O3/c1-14-4-3-7-23-21(14)22(25)6-5-16-10-24(12-18(16)22)11-17-9-20-19(8-15(17)2)26-13-27-20/h3-4,7-9,16,18,25H,5-6,10-13H2,1-2H3/t16-,18+,22-/m0/s1. The minimum Gasteiger partial charge on any atom is -0.454 e. The van der Waals surface area contributed by atoms with Crippen molar-refractivity contribution in [1.29, 1.82) is 0 Å². The van der Waals surface area contributed by atoms with Gasteiger partial charge in [0.25, 0.3) is 0 Å². The molecule has 1 aromatic heterocycles. The number of benzene rings is 1. The highest BCUT2D eigenvalue weighted by Gasteiger charge is 2.53. The third-order valence-corrected chi connectivity index (χ3v) is 6.67. The number of pyridine rings is 1. The third kappa shape index (κ3) is 2.72. The van der Waals surface area contributed by atoms with Crippen LogP contribution in [0.15, 0.2) is 30.5 Å². The summed E-state index contributed by atoms with van der Waals surface area (Å²) < 4.78 is 11.0. The predicted octanol–water partition coefficient (Wildman–Crippen LogP) is 3.16. The van der Waals surface area contributed by atoms with Crippen LogP contribution < -0.4 is 9.47 Å². The summed E-state index contributed by atoms with van der Waals surface area (Å²) in [5, 5.41) is 11.6. The van der Waals surface area contributed by atoms with E-state index in [2.05, 4.69) is 41.9 Å². The van der Waals surface area contributed by atoms with Crippen LogP contribution in [0.1, 0.15) is 35.2 Å². The fourth-order valence-corrected chi connectivity index (χ4v) is 5.24. The number of rotatable bonds is 3. The molecule has 1 saturated heterocycles. The monoisotopic (exact) mass is 366 g/mol. The molecular formula is C22H26N2O3. The molecule has 27 heavy (non-hydrogen) atoms. The summed E-state index contributed by atoms with van der Waals surface area (Å²) in [6, 6.07) is 8.18. The van der Waals surface area contributed by atoms with Crippen molar-refractivity contribution >= 4 is 0 Å². The van der Waals surface area contributed by atoms with E-state index in [-0.39, 0.29) is 5.92 Å². The van der Waals surface area contributed by atoms with E-state index < -0.39 is 5.60 Å². The van der Waals surface area contributed by atoms with Crippen molar-refractivity contribution in [2.75, 3.05) is 19.9 Å². The quantitative estimate of drug-likeness (QED) is 0.904. The molecule has 0 spiro atoms. The Kier molecular flexibility index (Phi) is 3.92. The lowest BCUT2D eigenvalue weighted by atomic mass is 9.83. The number of hydrogen-bond acceptors (Lipinski definition) is 5. The molecule has 1 aliphatic carbocycles. The van der Waals surface area contributed by atoms with Crippen molar-refractivity contribution in [1.82, 2.24) is 9.88 Å². The van der Waals surface area contributed by atoms with Crippen LogP contribution in [0.2, 0.25) is 0 Å². The summed E-state index contributed by atoms with van der Waals surface area (Å²) in [4.78, 5) is 7.03. The molecule has 5 heteroatoms. The van der Waals surface area contributed by atoms with Gasteiger partial charge in [0.15, 0.2) is 11.5 Å². The SMILES string of the molecule is Cc1cc2c(cc1CN1C[C@@H]3CC[C@@](O)(c4ncccc4C)[C@@H]3C1)OCO2. The van der Waals surface area contributed by atoms with Crippen molar-refractivity contribution in [3.63, 3.8) is 0 Å². The molecule has 2 aromatic rings. The van der Waals surface area contributed by atoms with Gasteiger partial charge >= 0.3 is 0 Å². The van der Waals surface area contributed by atoms with Crippen LogP contribution in [0.25, 0.3) is 0 Å². The molecule has 1 N–H and O–H groups in total. The van der Waals surface area contributed by atoms with Crippen LogP contribution in [0.3, 0.4) is 0 Å². The molecule has 142 valence electrons. The molecule has 1 saturated carbocycles. The van der Waals surface area contributed by atoms with E-state index >= 15 is 0 Å². The van der Waals surface area contributed by atoms with Crippen molar-refractivity contribution in [3.8, 4) is 11.5 Å². The lowest BCUT2D eigenvalue weighted by Crippen LogP contribution is -2.36. The predicted molar refractivity (Wildman–Crippen MR) is 102 cm³/mol. The van der Waals surface area contributed by atoms with Crippen molar-refractivity contribution < 1.29 is 14.6 Å². The van der Waals surface area contributed by atoms with Gasteiger partial charge in [-0.2, -0.15) is 0 Å². The zero-order valence-corrected chi connectivity index (χ0v) is 15.9. The molecule has 0 bridgehead atoms. The molecule has 2 fully saturated rings. The highest BCUT2D eigenvalue weighted by molar-refractivity contribution is 5.48.